The molecule has 0 N–H and O–H groups in total. The van der Waals surface area contributed by atoms with Gasteiger partial charge in [0.25, 0.3) is 0 Å². The molecule has 4 heteroatoms. The second-order valence-electron chi connectivity index (χ2n) is 7.13. The highest BCUT2D eigenvalue weighted by atomic mass is 16.5. The van der Waals surface area contributed by atoms with Gasteiger partial charge in [0.1, 0.15) is 0 Å². The molecule has 0 radical (unpaired) electrons. The molecule has 0 aromatic heterocycles. The summed E-state index contributed by atoms with van der Waals surface area (Å²) in [6.07, 6.45) is 1.05. The van der Waals surface area contributed by atoms with Crippen LogP contribution in [0.25, 0.3) is 0 Å². The molecule has 2 aromatic rings. The molecule has 1 aliphatic carbocycles. The normalized spacial score (nSPS) is 21.1. The highest BCUT2D eigenvalue weighted by molar-refractivity contribution is 6.02. The number of esters is 1. The smallest absolute Gasteiger partial charge is 0.326 e. The first-order valence-electron chi connectivity index (χ1n) is 9.41. The molecule has 0 fully saturated rings. The van der Waals surface area contributed by atoms with Crippen molar-refractivity contribution < 1.29 is 14.3 Å². The summed E-state index contributed by atoms with van der Waals surface area (Å²) in [7, 11) is 0. The Hall–Kier alpha value is -2.88. The van der Waals surface area contributed by atoms with Gasteiger partial charge in [0.15, 0.2) is 5.41 Å². The predicted molar refractivity (Wildman–Crippen MR) is 103 cm³/mol. The first-order chi connectivity index (χ1) is 13.1. The van der Waals surface area contributed by atoms with E-state index in [1.54, 1.807) is 4.90 Å². The minimum Gasteiger partial charge on any atom is -0.465 e. The van der Waals surface area contributed by atoms with E-state index in [2.05, 4.69) is 0 Å². The molecular formula is C23H23NO3. The number of nitrogens with zero attached hydrogens (tertiary/aromatic N) is 1. The molecule has 0 saturated carbocycles. The van der Waals surface area contributed by atoms with Crippen LogP contribution >= 0.6 is 0 Å². The van der Waals surface area contributed by atoms with Crippen LogP contribution in [0.5, 0.6) is 0 Å². The Bertz CT molecular complexity index is 914. The Morgan fingerprint density at radius 3 is 2.44 bits per heavy atom. The molecule has 1 amide bonds. The molecule has 1 aliphatic heterocycles. The van der Waals surface area contributed by atoms with Crippen LogP contribution in [0, 0.1) is 6.92 Å². The summed E-state index contributed by atoms with van der Waals surface area (Å²) in [6.45, 7) is 4.63. The lowest BCUT2D eigenvalue weighted by molar-refractivity contribution is -0.146. The lowest BCUT2D eigenvalue weighted by atomic mass is 9.88. The summed E-state index contributed by atoms with van der Waals surface area (Å²) in [5.74, 6) is -0.206. The molecule has 0 saturated heterocycles. The summed E-state index contributed by atoms with van der Waals surface area (Å²) in [5, 5.41) is 0. The molecule has 27 heavy (non-hydrogen) atoms. The van der Waals surface area contributed by atoms with Crippen LogP contribution < -0.4 is 0 Å². The zero-order chi connectivity index (χ0) is 19.0. The monoisotopic (exact) mass is 361 g/mol. The third-order valence-electron chi connectivity index (χ3n) is 5.44. The maximum atomic E-state index is 13.1. The Morgan fingerprint density at radius 2 is 1.78 bits per heavy atom. The van der Waals surface area contributed by atoms with E-state index in [1.807, 2.05) is 68.4 Å². The van der Waals surface area contributed by atoms with E-state index in [0.29, 0.717) is 26.0 Å². The van der Waals surface area contributed by atoms with Crippen molar-refractivity contribution in [2.75, 3.05) is 6.61 Å². The standard InChI is InChI=1S/C23H23NO3/c1-3-27-22(26)23(18-11-9-16(2)10-12-18)19-13-14-20(25)24(21(19)23)15-17-7-5-4-6-8-17/h4-12H,3,13-15H2,1-2H3. The van der Waals surface area contributed by atoms with Gasteiger partial charge in [-0.25, -0.2) is 0 Å². The van der Waals surface area contributed by atoms with Crippen LogP contribution in [-0.4, -0.2) is 23.4 Å². The van der Waals surface area contributed by atoms with Crippen molar-refractivity contribution in [1.82, 2.24) is 4.90 Å². The zero-order valence-corrected chi connectivity index (χ0v) is 15.7. The molecule has 4 nitrogen and oxygen atoms in total. The molecule has 4 rings (SSSR count). The fraction of sp³-hybridized carbons (Fsp3) is 0.304. The topological polar surface area (TPSA) is 46.6 Å². The van der Waals surface area contributed by atoms with Gasteiger partial charge >= 0.3 is 5.97 Å². The van der Waals surface area contributed by atoms with Crippen LogP contribution in [0.2, 0.25) is 0 Å². The number of aryl methyl sites for hydroxylation is 1. The van der Waals surface area contributed by atoms with Crippen molar-refractivity contribution in [2.24, 2.45) is 0 Å². The molecule has 1 unspecified atom stereocenters. The molecule has 1 heterocycles. The first kappa shape index (κ1) is 17.5. The predicted octanol–water partition coefficient (Wildman–Crippen LogP) is 3.89. The number of amides is 1. The van der Waals surface area contributed by atoms with Crippen molar-refractivity contribution >= 4 is 11.9 Å². The maximum absolute atomic E-state index is 13.1. The van der Waals surface area contributed by atoms with Crippen molar-refractivity contribution in [3.63, 3.8) is 0 Å². The second-order valence-corrected chi connectivity index (χ2v) is 7.13. The van der Waals surface area contributed by atoms with Crippen LogP contribution in [0.15, 0.2) is 65.9 Å². The van der Waals surface area contributed by atoms with Gasteiger partial charge in [-0.2, -0.15) is 0 Å². The number of ether oxygens (including phenoxy) is 1. The Kier molecular flexibility index (Phi) is 4.34. The van der Waals surface area contributed by atoms with Gasteiger partial charge in [0.05, 0.1) is 13.2 Å². The third-order valence-corrected chi connectivity index (χ3v) is 5.44. The number of likely N-dealkylation sites (tertiary alicyclic amines) is 1. The largest absolute Gasteiger partial charge is 0.465 e. The molecule has 2 aromatic carbocycles. The van der Waals surface area contributed by atoms with Crippen LogP contribution in [0.3, 0.4) is 0 Å². The van der Waals surface area contributed by atoms with Crippen molar-refractivity contribution in [1.29, 1.82) is 0 Å². The van der Waals surface area contributed by atoms with E-state index in [9.17, 15) is 9.59 Å². The minimum atomic E-state index is -0.898. The average molecular weight is 361 g/mol. The van der Waals surface area contributed by atoms with Crippen molar-refractivity contribution in [2.45, 2.75) is 38.6 Å². The number of hydrogen-bond donors (Lipinski definition) is 0. The van der Waals surface area contributed by atoms with Crippen molar-refractivity contribution in [3.8, 4) is 0 Å². The first-order valence-corrected chi connectivity index (χ1v) is 9.41. The summed E-state index contributed by atoms with van der Waals surface area (Å²) in [4.78, 5) is 27.6. The van der Waals surface area contributed by atoms with Gasteiger partial charge in [0, 0.05) is 12.1 Å². The summed E-state index contributed by atoms with van der Waals surface area (Å²) in [6, 6.07) is 17.9. The van der Waals surface area contributed by atoms with E-state index in [4.69, 9.17) is 4.74 Å². The Balaban J connectivity index is 1.75. The molecule has 0 bridgehead atoms. The fourth-order valence-electron chi connectivity index (χ4n) is 4.11. The summed E-state index contributed by atoms with van der Waals surface area (Å²) in [5.41, 5.74) is 4.03. The molecule has 0 spiro atoms. The van der Waals surface area contributed by atoms with E-state index >= 15 is 0 Å². The number of benzene rings is 2. The van der Waals surface area contributed by atoms with Crippen LogP contribution in [-0.2, 0) is 26.3 Å². The van der Waals surface area contributed by atoms with Gasteiger partial charge in [-0.05, 0) is 37.0 Å². The third kappa shape index (κ3) is 2.76. The van der Waals surface area contributed by atoms with E-state index in [0.717, 1.165) is 28.0 Å². The highest BCUT2D eigenvalue weighted by Gasteiger charge is 2.65. The SMILES string of the molecule is CCOC(=O)C1(c2ccc(C)cc2)C2=C1N(Cc1ccccc1)C(=O)CC2. The fourth-order valence-corrected chi connectivity index (χ4v) is 4.11. The molecule has 138 valence electrons. The highest BCUT2D eigenvalue weighted by Crippen LogP contribution is 2.60. The van der Waals surface area contributed by atoms with Gasteiger partial charge < -0.3 is 9.64 Å². The lowest BCUT2D eigenvalue weighted by Crippen LogP contribution is -2.35. The number of hydrogen-bond acceptors (Lipinski definition) is 3. The number of carbonyl (C=O) groups excluding carboxylic acids is 2. The van der Waals surface area contributed by atoms with E-state index in [-0.39, 0.29) is 11.9 Å². The van der Waals surface area contributed by atoms with Gasteiger partial charge in [0.2, 0.25) is 5.91 Å². The van der Waals surface area contributed by atoms with Gasteiger partial charge in [-0.3, -0.25) is 9.59 Å². The van der Waals surface area contributed by atoms with Crippen LogP contribution in [0.1, 0.15) is 36.5 Å². The van der Waals surface area contributed by atoms with Gasteiger partial charge in [-0.15, -0.1) is 0 Å². The number of carbonyl (C=O) groups is 2. The Morgan fingerprint density at radius 1 is 1.07 bits per heavy atom. The molecule has 1 atom stereocenters. The zero-order valence-electron chi connectivity index (χ0n) is 15.7. The second kappa shape index (κ2) is 6.69. The number of rotatable bonds is 5. The maximum Gasteiger partial charge on any atom is 0.326 e. The van der Waals surface area contributed by atoms with E-state index < -0.39 is 5.41 Å². The van der Waals surface area contributed by atoms with Crippen molar-refractivity contribution in [3.05, 3.63) is 82.6 Å². The summed E-state index contributed by atoms with van der Waals surface area (Å²) >= 11 is 0. The summed E-state index contributed by atoms with van der Waals surface area (Å²) < 4.78 is 5.46. The quantitative estimate of drug-likeness (QED) is 0.759. The van der Waals surface area contributed by atoms with Crippen LogP contribution in [0.4, 0.5) is 0 Å². The Labute approximate surface area is 159 Å². The molecule has 2 aliphatic rings. The lowest BCUT2D eigenvalue weighted by Gasteiger charge is -2.25. The van der Waals surface area contributed by atoms with E-state index in [1.165, 1.54) is 0 Å². The average Bonchev–Trinajstić information content (AvgIpc) is 3.36. The minimum absolute atomic E-state index is 0.0656. The van der Waals surface area contributed by atoms with Gasteiger partial charge in [-0.1, -0.05) is 60.2 Å². The molecular weight excluding hydrogens is 338 g/mol.